The van der Waals surface area contributed by atoms with Crippen LogP contribution in [0.5, 0.6) is 0 Å². The summed E-state index contributed by atoms with van der Waals surface area (Å²) in [5.41, 5.74) is 0. The largest absolute Gasteiger partial charge is 1.00 e. The molecule has 0 aliphatic heterocycles. The number of esters is 1. The van der Waals surface area contributed by atoms with Gasteiger partial charge < -0.3 is 14.6 Å². The van der Waals surface area contributed by atoms with Crippen LogP contribution >= 0.6 is 0 Å². The molecule has 0 aromatic carbocycles. The monoisotopic (exact) mass is 401 g/mol. The first-order valence-corrected chi connectivity index (χ1v) is 8.96. The van der Waals surface area contributed by atoms with Crippen molar-refractivity contribution in [1.82, 2.24) is 4.90 Å². The average molecular weight is 401 g/mol. The van der Waals surface area contributed by atoms with Crippen molar-refractivity contribution < 1.29 is 58.6 Å². The Labute approximate surface area is 188 Å². The normalized spacial score (nSPS) is 10.7. The van der Waals surface area contributed by atoms with Crippen LogP contribution in [0.2, 0.25) is 0 Å². The molecule has 0 N–H and O–H groups in total. The molecule has 0 aliphatic rings. The molecule has 28 heavy (non-hydrogen) atoms. The fourth-order valence-electron chi connectivity index (χ4n) is 2.46. The van der Waals surface area contributed by atoms with E-state index in [-0.39, 0.29) is 42.4 Å². The van der Waals surface area contributed by atoms with Crippen LogP contribution in [0.1, 0.15) is 57.8 Å². The Balaban J connectivity index is 0. The Morgan fingerprint density at radius 3 is 1.71 bits per heavy atom. The molecular weight excluding hydrogens is 373 g/mol. The van der Waals surface area contributed by atoms with Crippen LogP contribution in [0.4, 0.5) is 0 Å². The fraction of sp³-hybridized carbons (Fsp3) is 0.500. The molecule has 0 heterocycles. The number of carboxylic acid groups (broad SMARTS) is 1. The number of ether oxygens (including phenoxy) is 1. The summed E-state index contributed by atoms with van der Waals surface area (Å²) in [5.74, 6) is -3.82. The van der Waals surface area contributed by atoms with Gasteiger partial charge >= 0.3 is 35.5 Å². The van der Waals surface area contributed by atoms with Gasteiger partial charge in [-0.05, 0) is 38.5 Å². The molecule has 0 aromatic rings. The second-order valence-electron chi connectivity index (χ2n) is 5.92. The number of carbonyl (C=O) groups excluding carboxylic acids is 4. The number of unbranched alkanes of at least 4 members (excludes halogenated alkanes) is 4. The van der Waals surface area contributed by atoms with Crippen LogP contribution in [-0.4, -0.2) is 34.7 Å². The smallest absolute Gasteiger partial charge is 0.550 e. The van der Waals surface area contributed by atoms with Crippen molar-refractivity contribution in [3.05, 3.63) is 38.2 Å². The third kappa shape index (κ3) is 11.9. The summed E-state index contributed by atoms with van der Waals surface area (Å²) in [5, 5.41) is 11.1. The van der Waals surface area contributed by atoms with Gasteiger partial charge in [-0.25, -0.2) is 4.79 Å². The number of hydrogen-bond donors (Lipinski definition) is 0. The van der Waals surface area contributed by atoms with Crippen LogP contribution < -0.4 is 34.7 Å². The Kier molecular flexibility index (Phi) is 17.7. The van der Waals surface area contributed by atoms with Gasteiger partial charge in [-0.1, -0.05) is 18.7 Å². The first-order valence-electron chi connectivity index (χ1n) is 8.96. The van der Waals surface area contributed by atoms with E-state index in [9.17, 15) is 24.3 Å². The number of imide groups is 1. The van der Waals surface area contributed by atoms with E-state index in [0.717, 1.165) is 6.26 Å². The van der Waals surface area contributed by atoms with E-state index in [2.05, 4.69) is 24.5 Å². The number of carbonyl (C=O) groups is 4. The maximum absolute atomic E-state index is 12.6. The average Bonchev–Trinajstić information content (AvgIpc) is 2.61. The van der Waals surface area contributed by atoms with E-state index >= 15 is 0 Å². The first-order chi connectivity index (χ1) is 12.9. The summed E-state index contributed by atoms with van der Waals surface area (Å²) in [7, 11) is 0. The van der Waals surface area contributed by atoms with Crippen molar-refractivity contribution in [3.8, 4) is 0 Å². The minimum Gasteiger partial charge on any atom is -0.550 e. The number of carboxylic acids is 1. The second kappa shape index (κ2) is 17.4. The third-order valence-corrected chi connectivity index (χ3v) is 3.78. The van der Waals surface area contributed by atoms with E-state index in [0.29, 0.717) is 43.4 Å². The Bertz CT molecular complexity index is 533. The molecule has 1 atom stereocenters. The molecule has 0 saturated heterocycles. The molecule has 2 amide bonds. The van der Waals surface area contributed by atoms with Crippen molar-refractivity contribution in [2.24, 2.45) is 0 Å². The zero-order valence-corrected chi connectivity index (χ0v) is 18.7. The van der Waals surface area contributed by atoms with Crippen molar-refractivity contribution >= 4 is 23.8 Å². The summed E-state index contributed by atoms with van der Waals surface area (Å²) in [6.45, 7) is 10.4. The van der Waals surface area contributed by atoms with Gasteiger partial charge in [-0.3, -0.25) is 14.5 Å². The molecule has 0 rings (SSSR count). The summed E-state index contributed by atoms with van der Waals surface area (Å²) >= 11 is 0. The molecule has 0 aromatic heterocycles. The van der Waals surface area contributed by atoms with Gasteiger partial charge in [0.15, 0.2) is 0 Å². The summed E-state index contributed by atoms with van der Waals surface area (Å²) < 4.78 is 4.63. The Hall–Kier alpha value is -1.70. The van der Waals surface area contributed by atoms with Crippen LogP contribution in [0.3, 0.4) is 0 Å². The maximum Gasteiger partial charge on any atom is 1.00 e. The SMILES string of the molecule is C=CCCCCC(=O)N(C(=O)CCCCC=C)C(CC(=O)[O-])C(=O)OC=C.[Na+]. The predicted molar refractivity (Wildman–Crippen MR) is 98.9 cm³/mol. The zero-order valence-electron chi connectivity index (χ0n) is 16.7. The van der Waals surface area contributed by atoms with E-state index in [1.165, 1.54) is 0 Å². The second-order valence-corrected chi connectivity index (χ2v) is 5.92. The minimum absolute atomic E-state index is 0. The molecule has 150 valence electrons. The quantitative estimate of drug-likeness (QED) is 0.115. The van der Waals surface area contributed by atoms with E-state index in [4.69, 9.17) is 0 Å². The first kappa shape index (κ1) is 28.5. The van der Waals surface area contributed by atoms with Crippen molar-refractivity contribution in [2.75, 3.05) is 0 Å². The molecule has 7 nitrogen and oxygen atoms in total. The van der Waals surface area contributed by atoms with Crippen molar-refractivity contribution in [1.29, 1.82) is 0 Å². The molecule has 0 radical (unpaired) electrons. The van der Waals surface area contributed by atoms with Gasteiger partial charge in [0.05, 0.1) is 6.26 Å². The van der Waals surface area contributed by atoms with Gasteiger partial charge in [-0.15, -0.1) is 13.2 Å². The topological polar surface area (TPSA) is 104 Å². The molecule has 8 heteroatoms. The molecule has 1 unspecified atom stereocenters. The number of amides is 2. The number of allylic oxidation sites excluding steroid dienone is 2. The van der Waals surface area contributed by atoms with E-state index < -0.39 is 36.2 Å². The Morgan fingerprint density at radius 2 is 1.36 bits per heavy atom. The van der Waals surface area contributed by atoms with Gasteiger partial charge in [0.2, 0.25) is 11.8 Å². The predicted octanol–water partition coefficient (Wildman–Crippen LogP) is -0.966. The number of hydrogen-bond acceptors (Lipinski definition) is 6. The standard InChI is InChI=1S/C20H29NO6.Na/c1-4-7-9-11-13-17(22)21(18(23)14-12-10-8-5-2)16(15-19(24)25)20(26)27-6-3;/h4-6,16H,1-3,7-15H2,(H,24,25);/q;+1/p-1. The maximum atomic E-state index is 12.6. The van der Waals surface area contributed by atoms with E-state index in [1.807, 2.05) is 0 Å². The number of aliphatic carboxylic acids is 1. The molecule has 0 spiro atoms. The van der Waals surface area contributed by atoms with Crippen LogP contribution in [0, 0.1) is 0 Å². The van der Waals surface area contributed by atoms with Crippen LogP contribution in [0.25, 0.3) is 0 Å². The molecule has 0 aliphatic carbocycles. The van der Waals surface area contributed by atoms with Gasteiger partial charge in [0, 0.05) is 25.2 Å². The van der Waals surface area contributed by atoms with Crippen LogP contribution in [0.15, 0.2) is 38.2 Å². The number of nitrogens with zero attached hydrogens (tertiary/aromatic N) is 1. The van der Waals surface area contributed by atoms with Gasteiger partial charge in [-0.2, -0.15) is 0 Å². The summed E-state index contributed by atoms with van der Waals surface area (Å²) in [4.78, 5) is 49.1. The summed E-state index contributed by atoms with van der Waals surface area (Å²) in [6, 6.07) is -1.58. The van der Waals surface area contributed by atoms with Crippen molar-refractivity contribution in [2.45, 2.75) is 63.8 Å². The van der Waals surface area contributed by atoms with E-state index in [1.54, 1.807) is 12.2 Å². The molecular formula is C20H28NNaO6. The van der Waals surface area contributed by atoms with Gasteiger partial charge in [0.25, 0.3) is 0 Å². The summed E-state index contributed by atoms with van der Waals surface area (Å²) in [6.07, 6.45) is 7.23. The van der Waals surface area contributed by atoms with Crippen LogP contribution in [-0.2, 0) is 23.9 Å². The molecule has 0 saturated carbocycles. The van der Waals surface area contributed by atoms with Gasteiger partial charge in [0.1, 0.15) is 6.04 Å². The zero-order chi connectivity index (χ0) is 20.7. The molecule has 0 bridgehead atoms. The Morgan fingerprint density at radius 1 is 0.893 bits per heavy atom. The molecule has 0 fully saturated rings. The third-order valence-electron chi connectivity index (χ3n) is 3.78. The fourth-order valence-corrected chi connectivity index (χ4v) is 2.46. The number of rotatable bonds is 15. The minimum atomic E-state index is -1.58. The van der Waals surface area contributed by atoms with Crippen molar-refractivity contribution in [3.63, 3.8) is 0 Å².